The topological polar surface area (TPSA) is 41.4 Å². The Bertz CT molecular complexity index is 811. The van der Waals surface area contributed by atoms with Crippen LogP contribution in [0.2, 0.25) is 0 Å². The summed E-state index contributed by atoms with van der Waals surface area (Å²) in [5.41, 5.74) is 3.70. The van der Waals surface area contributed by atoms with Gasteiger partial charge in [0.1, 0.15) is 0 Å². The summed E-state index contributed by atoms with van der Waals surface area (Å²) in [6.07, 6.45) is 4.54. The van der Waals surface area contributed by atoms with Crippen LogP contribution in [0.15, 0.2) is 35.5 Å². The van der Waals surface area contributed by atoms with Crippen LogP contribution in [0.3, 0.4) is 0 Å². The number of hydrogen-bond donors (Lipinski definition) is 0. The van der Waals surface area contributed by atoms with Gasteiger partial charge in [0.2, 0.25) is 5.91 Å². The monoisotopic (exact) mass is 398 g/mol. The number of hydrogen-bond acceptors (Lipinski definition) is 4. The molecule has 0 radical (unpaired) electrons. The highest BCUT2D eigenvalue weighted by molar-refractivity contribution is 8.00. The lowest BCUT2D eigenvalue weighted by atomic mass is 10.0. The summed E-state index contributed by atoms with van der Waals surface area (Å²) in [6.45, 7) is 8.90. The zero-order valence-corrected chi connectivity index (χ0v) is 17.7. The van der Waals surface area contributed by atoms with Crippen LogP contribution in [-0.2, 0) is 17.6 Å². The van der Waals surface area contributed by atoms with E-state index in [0.29, 0.717) is 0 Å². The van der Waals surface area contributed by atoms with Crippen LogP contribution in [0.5, 0.6) is 0 Å². The molecular formula is C22H30N4OS. The molecule has 0 spiro atoms. The second kappa shape index (κ2) is 8.70. The van der Waals surface area contributed by atoms with Crippen LogP contribution in [0.1, 0.15) is 38.1 Å². The molecule has 4 rings (SSSR count). The van der Waals surface area contributed by atoms with E-state index in [1.165, 1.54) is 24.2 Å². The van der Waals surface area contributed by atoms with Gasteiger partial charge in [-0.3, -0.25) is 9.36 Å². The van der Waals surface area contributed by atoms with E-state index in [2.05, 4.69) is 40.7 Å². The minimum absolute atomic E-state index is 0.125. The Morgan fingerprint density at radius 1 is 1.11 bits per heavy atom. The smallest absolute Gasteiger partial charge is 0.235 e. The molecular weight excluding hydrogens is 368 g/mol. The number of likely N-dealkylation sites (N-methyl/N-ethyl adjacent to an activating group) is 1. The van der Waals surface area contributed by atoms with Gasteiger partial charge in [-0.1, -0.05) is 36.9 Å². The van der Waals surface area contributed by atoms with E-state index in [-0.39, 0.29) is 11.2 Å². The highest BCUT2D eigenvalue weighted by atomic mass is 32.2. The molecule has 1 fully saturated rings. The Hall–Kier alpha value is -1.79. The van der Waals surface area contributed by atoms with Gasteiger partial charge in [-0.15, -0.1) is 0 Å². The zero-order valence-electron chi connectivity index (χ0n) is 16.9. The van der Waals surface area contributed by atoms with Crippen molar-refractivity contribution in [3.63, 3.8) is 0 Å². The fourth-order valence-corrected chi connectivity index (χ4v) is 5.24. The van der Waals surface area contributed by atoms with Gasteiger partial charge < -0.3 is 9.80 Å². The largest absolute Gasteiger partial charge is 0.339 e. The second-order valence-electron chi connectivity index (χ2n) is 7.69. The van der Waals surface area contributed by atoms with Gasteiger partial charge in [0.15, 0.2) is 5.16 Å². The Labute approximate surface area is 172 Å². The molecule has 150 valence electrons. The maximum absolute atomic E-state index is 13.0. The SMILES string of the molecule is CCN1CCN(C(=O)C(C)Sc2nc3c(n2-c2ccccc2)CCCC3)CC1. The predicted molar refractivity (Wildman–Crippen MR) is 114 cm³/mol. The van der Waals surface area contributed by atoms with Gasteiger partial charge in [0.25, 0.3) is 0 Å². The average molecular weight is 399 g/mol. The number of imidazole rings is 1. The van der Waals surface area contributed by atoms with Gasteiger partial charge in [-0.25, -0.2) is 4.98 Å². The number of rotatable bonds is 5. The summed E-state index contributed by atoms with van der Waals surface area (Å²) in [4.78, 5) is 22.4. The molecule has 1 aromatic heterocycles. The molecule has 1 saturated heterocycles. The van der Waals surface area contributed by atoms with Crippen LogP contribution in [0.4, 0.5) is 0 Å². The number of thioether (sulfide) groups is 1. The minimum atomic E-state index is -0.125. The van der Waals surface area contributed by atoms with Gasteiger partial charge in [-0.2, -0.15) is 0 Å². The third-order valence-corrected chi connectivity index (χ3v) is 6.92. The number of fused-ring (bicyclic) bond motifs is 1. The molecule has 6 heteroatoms. The average Bonchev–Trinajstić information content (AvgIpc) is 3.11. The molecule has 1 aromatic carbocycles. The Morgan fingerprint density at radius 2 is 1.82 bits per heavy atom. The van der Waals surface area contributed by atoms with Crippen molar-refractivity contribution in [1.82, 2.24) is 19.4 Å². The number of carbonyl (C=O) groups excluding carboxylic acids is 1. The van der Waals surface area contributed by atoms with E-state index in [9.17, 15) is 4.79 Å². The number of amides is 1. The van der Waals surface area contributed by atoms with Crippen LogP contribution in [0.25, 0.3) is 5.69 Å². The van der Waals surface area contributed by atoms with E-state index in [4.69, 9.17) is 4.98 Å². The quantitative estimate of drug-likeness (QED) is 0.724. The fourth-order valence-electron chi connectivity index (χ4n) is 4.19. The molecule has 28 heavy (non-hydrogen) atoms. The van der Waals surface area contributed by atoms with Crippen LogP contribution >= 0.6 is 11.8 Å². The molecule has 1 aliphatic heterocycles. The Kier molecular flexibility index (Phi) is 6.07. The number of nitrogens with zero attached hydrogens (tertiary/aromatic N) is 4. The summed E-state index contributed by atoms with van der Waals surface area (Å²) in [5.74, 6) is 0.237. The summed E-state index contributed by atoms with van der Waals surface area (Å²) in [5, 5.41) is 0.839. The molecule has 5 nitrogen and oxygen atoms in total. The lowest BCUT2D eigenvalue weighted by molar-refractivity contribution is -0.132. The number of aromatic nitrogens is 2. The predicted octanol–water partition coefficient (Wildman–Crippen LogP) is 3.40. The van der Waals surface area contributed by atoms with E-state index < -0.39 is 0 Å². The van der Waals surface area contributed by atoms with E-state index in [1.807, 2.05) is 17.9 Å². The van der Waals surface area contributed by atoms with Crippen LogP contribution in [0, 0.1) is 0 Å². The van der Waals surface area contributed by atoms with Gasteiger partial charge in [-0.05, 0) is 51.3 Å². The lowest BCUT2D eigenvalue weighted by Gasteiger charge is -2.35. The molecule has 0 N–H and O–H groups in total. The molecule has 1 aliphatic carbocycles. The first-order valence-electron chi connectivity index (χ1n) is 10.5. The van der Waals surface area contributed by atoms with Crippen molar-refractivity contribution in [3.05, 3.63) is 41.7 Å². The molecule has 2 aliphatic rings. The van der Waals surface area contributed by atoms with Crippen molar-refractivity contribution >= 4 is 17.7 Å². The molecule has 1 atom stereocenters. The van der Waals surface area contributed by atoms with Crippen molar-refractivity contribution in [1.29, 1.82) is 0 Å². The van der Waals surface area contributed by atoms with E-state index in [0.717, 1.165) is 56.4 Å². The van der Waals surface area contributed by atoms with Crippen molar-refractivity contribution in [2.75, 3.05) is 32.7 Å². The summed E-state index contributed by atoms with van der Waals surface area (Å²) >= 11 is 1.61. The Balaban J connectivity index is 1.54. The highest BCUT2D eigenvalue weighted by Crippen LogP contribution is 2.33. The molecule has 2 aromatic rings. The van der Waals surface area contributed by atoms with Crippen molar-refractivity contribution in [2.45, 2.75) is 49.9 Å². The van der Waals surface area contributed by atoms with Gasteiger partial charge >= 0.3 is 0 Å². The van der Waals surface area contributed by atoms with Crippen molar-refractivity contribution in [2.24, 2.45) is 0 Å². The standard InChI is InChI=1S/C22H30N4OS/c1-3-24-13-15-25(16-14-24)21(27)17(2)28-22-23-19-11-7-8-12-20(19)26(22)18-9-5-4-6-10-18/h4-6,9-10,17H,3,7-8,11-16H2,1-2H3. The normalized spacial score (nSPS) is 18.7. The number of piperazine rings is 1. The molecule has 0 bridgehead atoms. The fraction of sp³-hybridized carbons (Fsp3) is 0.545. The summed E-state index contributed by atoms with van der Waals surface area (Å²) < 4.78 is 2.29. The first-order chi connectivity index (χ1) is 13.7. The number of carbonyl (C=O) groups is 1. The maximum Gasteiger partial charge on any atom is 0.235 e. The van der Waals surface area contributed by atoms with E-state index >= 15 is 0 Å². The zero-order chi connectivity index (χ0) is 19.5. The maximum atomic E-state index is 13.0. The molecule has 0 saturated carbocycles. The van der Waals surface area contributed by atoms with E-state index in [1.54, 1.807) is 11.8 Å². The van der Waals surface area contributed by atoms with Crippen LogP contribution < -0.4 is 0 Å². The minimum Gasteiger partial charge on any atom is -0.339 e. The first-order valence-corrected chi connectivity index (χ1v) is 11.4. The number of aryl methyl sites for hydroxylation is 1. The number of para-hydroxylation sites is 1. The number of benzene rings is 1. The van der Waals surface area contributed by atoms with Gasteiger partial charge in [0, 0.05) is 37.6 Å². The van der Waals surface area contributed by atoms with Crippen molar-refractivity contribution in [3.8, 4) is 5.69 Å². The first kappa shape index (κ1) is 19.5. The Morgan fingerprint density at radius 3 is 2.54 bits per heavy atom. The third-order valence-electron chi connectivity index (χ3n) is 5.88. The molecule has 2 heterocycles. The highest BCUT2D eigenvalue weighted by Gasteiger charge is 2.28. The summed E-state index contributed by atoms with van der Waals surface area (Å²) in [6, 6.07) is 10.5. The molecule has 1 amide bonds. The van der Waals surface area contributed by atoms with Gasteiger partial charge in [0.05, 0.1) is 10.9 Å². The summed E-state index contributed by atoms with van der Waals surface area (Å²) in [7, 11) is 0. The second-order valence-corrected chi connectivity index (χ2v) is 8.99. The van der Waals surface area contributed by atoms with Crippen LogP contribution in [-0.4, -0.2) is 63.2 Å². The van der Waals surface area contributed by atoms with Crippen molar-refractivity contribution < 1.29 is 4.79 Å². The third kappa shape index (κ3) is 3.98. The lowest BCUT2D eigenvalue weighted by Crippen LogP contribution is -2.50. The molecule has 1 unspecified atom stereocenters.